The fourth-order valence-corrected chi connectivity index (χ4v) is 2.91. The van der Waals surface area contributed by atoms with Gasteiger partial charge in [0.1, 0.15) is 0 Å². The average Bonchev–Trinajstić information content (AvgIpc) is 2.42. The van der Waals surface area contributed by atoms with Crippen molar-refractivity contribution in [3.8, 4) is 0 Å². The van der Waals surface area contributed by atoms with Crippen molar-refractivity contribution >= 4 is 27.5 Å². The predicted molar refractivity (Wildman–Crippen MR) is 88.8 cm³/mol. The first kappa shape index (κ1) is 15.5. The van der Waals surface area contributed by atoms with Crippen LogP contribution in [0.2, 0.25) is 5.02 Å². The van der Waals surface area contributed by atoms with E-state index in [1.165, 1.54) is 16.7 Å². The Morgan fingerprint density at radius 1 is 1.20 bits per heavy atom. The summed E-state index contributed by atoms with van der Waals surface area (Å²) in [6, 6.07) is 12.3. The van der Waals surface area contributed by atoms with E-state index in [9.17, 15) is 0 Å². The predicted octanol–water partition coefficient (Wildman–Crippen LogP) is 4.47. The highest BCUT2D eigenvalue weighted by Crippen LogP contribution is 2.29. The Labute approximate surface area is 133 Å². The van der Waals surface area contributed by atoms with Gasteiger partial charge in [-0.15, -0.1) is 0 Å². The van der Waals surface area contributed by atoms with Gasteiger partial charge in [-0.25, -0.2) is 0 Å². The van der Waals surface area contributed by atoms with E-state index in [1.807, 2.05) is 18.2 Å². The molecule has 2 rings (SSSR count). The summed E-state index contributed by atoms with van der Waals surface area (Å²) in [7, 11) is 0. The van der Waals surface area contributed by atoms with Crippen LogP contribution in [-0.2, 0) is 6.42 Å². The summed E-state index contributed by atoms with van der Waals surface area (Å²) >= 11 is 9.77. The molecule has 0 aliphatic rings. The molecular formula is C16H18BrClN2. The van der Waals surface area contributed by atoms with Gasteiger partial charge in [0.15, 0.2) is 0 Å². The minimum atomic E-state index is -0.0134. The molecule has 2 nitrogen and oxygen atoms in total. The third-order valence-corrected chi connectivity index (χ3v) is 4.30. The Kier molecular flexibility index (Phi) is 5.22. The number of hydrazine groups is 1. The van der Waals surface area contributed by atoms with Gasteiger partial charge in [-0.2, -0.15) is 0 Å². The molecule has 0 aliphatic carbocycles. The van der Waals surface area contributed by atoms with Crippen molar-refractivity contribution < 1.29 is 0 Å². The van der Waals surface area contributed by atoms with Crippen molar-refractivity contribution in [2.45, 2.75) is 26.3 Å². The molecule has 0 aliphatic heterocycles. The Balaban J connectivity index is 2.33. The van der Waals surface area contributed by atoms with Crippen molar-refractivity contribution in [1.82, 2.24) is 5.43 Å². The van der Waals surface area contributed by atoms with E-state index in [0.29, 0.717) is 0 Å². The first-order valence-corrected chi connectivity index (χ1v) is 7.65. The van der Waals surface area contributed by atoms with Crippen LogP contribution in [0.5, 0.6) is 0 Å². The summed E-state index contributed by atoms with van der Waals surface area (Å²) in [6.07, 6.45) is 0.806. The smallest absolute Gasteiger partial charge is 0.0515 e. The van der Waals surface area contributed by atoms with E-state index in [1.54, 1.807) is 0 Å². The van der Waals surface area contributed by atoms with Gasteiger partial charge < -0.3 is 0 Å². The first-order chi connectivity index (χ1) is 9.51. The van der Waals surface area contributed by atoms with E-state index in [-0.39, 0.29) is 6.04 Å². The van der Waals surface area contributed by atoms with Crippen molar-refractivity contribution in [2.24, 2.45) is 5.84 Å². The summed E-state index contributed by atoms with van der Waals surface area (Å²) < 4.78 is 0.998. The van der Waals surface area contributed by atoms with Crippen LogP contribution in [0.4, 0.5) is 0 Å². The molecule has 0 aromatic heterocycles. The molecule has 0 radical (unpaired) electrons. The van der Waals surface area contributed by atoms with E-state index >= 15 is 0 Å². The molecule has 106 valence electrons. The molecule has 2 aromatic rings. The molecule has 20 heavy (non-hydrogen) atoms. The van der Waals surface area contributed by atoms with Gasteiger partial charge >= 0.3 is 0 Å². The first-order valence-electron chi connectivity index (χ1n) is 6.48. The molecule has 1 unspecified atom stereocenters. The normalized spacial score (nSPS) is 12.4. The van der Waals surface area contributed by atoms with Gasteiger partial charge in [-0.1, -0.05) is 51.3 Å². The summed E-state index contributed by atoms with van der Waals surface area (Å²) in [4.78, 5) is 0. The lowest BCUT2D eigenvalue weighted by atomic mass is 9.95. The molecule has 0 bridgehead atoms. The minimum Gasteiger partial charge on any atom is -0.271 e. The van der Waals surface area contributed by atoms with E-state index < -0.39 is 0 Å². The highest BCUT2D eigenvalue weighted by atomic mass is 79.9. The molecule has 0 saturated carbocycles. The van der Waals surface area contributed by atoms with Crippen LogP contribution in [0.25, 0.3) is 0 Å². The second-order valence-electron chi connectivity index (χ2n) is 5.02. The number of hydrogen-bond acceptors (Lipinski definition) is 2. The van der Waals surface area contributed by atoms with Gasteiger partial charge in [0.25, 0.3) is 0 Å². The fraction of sp³-hybridized carbons (Fsp3) is 0.250. The number of aryl methyl sites for hydroxylation is 2. The van der Waals surface area contributed by atoms with Crippen LogP contribution in [0.1, 0.15) is 28.3 Å². The standard InChI is InChI=1S/C16H18BrClN2/c1-10-3-4-11(2)12(7-10)8-16(20-19)14-9-13(17)5-6-15(14)18/h3-7,9,16,20H,8,19H2,1-2H3. The van der Waals surface area contributed by atoms with Crippen molar-refractivity contribution in [3.63, 3.8) is 0 Å². The third-order valence-electron chi connectivity index (χ3n) is 3.46. The summed E-state index contributed by atoms with van der Waals surface area (Å²) in [6.45, 7) is 4.21. The number of hydrogen-bond donors (Lipinski definition) is 2. The molecule has 1 atom stereocenters. The molecule has 3 N–H and O–H groups in total. The quantitative estimate of drug-likeness (QED) is 0.629. The molecule has 0 spiro atoms. The topological polar surface area (TPSA) is 38.0 Å². The lowest BCUT2D eigenvalue weighted by molar-refractivity contribution is 0.550. The maximum Gasteiger partial charge on any atom is 0.0515 e. The van der Waals surface area contributed by atoms with Crippen LogP contribution in [0.3, 0.4) is 0 Å². The van der Waals surface area contributed by atoms with Crippen LogP contribution >= 0.6 is 27.5 Å². The van der Waals surface area contributed by atoms with Crippen molar-refractivity contribution in [3.05, 3.63) is 68.1 Å². The summed E-state index contributed by atoms with van der Waals surface area (Å²) in [5.74, 6) is 5.74. The Morgan fingerprint density at radius 3 is 2.65 bits per heavy atom. The van der Waals surface area contributed by atoms with Crippen LogP contribution < -0.4 is 11.3 Å². The Bertz CT molecular complexity index is 613. The largest absolute Gasteiger partial charge is 0.271 e. The number of nitrogens with one attached hydrogen (secondary N) is 1. The van der Waals surface area contributed by atoms with Gasteiger partial charge in [-0.3, -0.25) is 11.3 Å². The molecule has 4 heteroatoms. The molecule has 2 aromatic carbocycles. The number of nitrogens with two attached hydrogens (primary N) is 1. The van der Waals surface area contributed by atoms with Gasteiger partial charge in [-0.05, 0) is 55.2 Å². The number of halogens is 2. The molecule has 0 amide bonds. The van der Waals surface area contributed by atoms with Gasteiger partial charge in [0.2, 0.25) is 0 Å². The monoisotopic (exact) mass is 352 g/mol. The van der Waals surface area contributed by atoms with Gasteiger partial charge in [0, 0.05) is 9.50 Å². The maximum absolute atomic E-state index is 6.29. The summed E-state index contributed by atoms with van der Waals surface area (Å²) in [5, 5.41) is 0.724. The van der Waals surface area contributed by atoms with Crippen molar-refractivity contribution in [1.29, 1.82) is 0 Å². The van der Waals surface area contributed by atoms with Crippen LogP contribution in [0, 0.1) is 13.8 Å². The second kappa shape index (κ2) is 6.72. The highest BCUT2D eigenvalue weighted by molar-refractivity contribution is 9.10. The minimum absolute atomic E-state index is 0.0134. The van der Waals surface area contributed by atoms with Crippen molar-refractivity contribution in [2.75, 3.05) is 0 Å². The van der Waals surface area contributed by atoms with Crippen LogP contribution in [-0.4, -0.2) is 0 Å². The van der Waals surface area contributed by atoms with E-state index in [2.05, 4.69) is 53.4 Å². The summed E-state index contributed by atoms with van der Waals surface area (Å²) in [5.41, 5.74) is 7.68. The number of benzene rings is 2. The number of rotatable bonds is 4. The zero-order valence-electron chi connectivity index (χ0n) is 11.6. The third kappa shape index (κ3) is 3.61. The lowest BCUT2D eigenvalue weighted by Crippen LogP contribution is -2.30. The van der Waals surface area contributed by atoms with Gasteiger partial charge in [0.05, 0.1) is 6.04 Å². The maximum atomic E-state index is 6.29. The second-order valence-corrected chi connectivity index (χ2v) is 6.34. The zero-order chi connectivity index (χ0) is 14.7. The molecule has 0 heterocycles. The highest BCUT2D eigenvalue weighted by Gasteiger charge is 2.15. The zero-order valence-corrected chi connectivity index (χ0v) is 13.9. The Hall–Kier alpha value is -0.870. The lowest BCUT2D eigenvalue weighted by Gasteiger charge is -2.19. The fourth-order valence-electron chi connectivity index (χ4n) is 2.28. The van der Waals surface area contributed by atoms with Crippen LogP contribution in [0.15, 0.2) is 40.9 Å². The van der Waals surface area contributed by atoms with E-state index in [0.717, 1.165) is 21.5 Å². The Morgan fingerprint density at radius 2 is 1.95 bits per heavy atom. The molecule has 0 saturated heterocycles. The molecule has 0 fully saturated rings. The molecular weight excluding hydrogens is 336 g/mol. The average molecular weight is 354 g/mol. The SMILES string of the molecule is Cc1ccc(C)c(CC(NN)c2cc(Br)ccc2Cl)c1. The van der Waals surface area contributed by atoms with E-state index in [4.69, 9.17) is 17.4 Å².